The Labute approximate surface area is 129 Å². The van der Waals surface area contributed by atoms with Gasteiger partial charge >= 0.3 is 5.63 Å². The second-order valence-corrected chi connectivity index (χ2v) is 5.06. The van der Waals surface area contributed by atoms with Crippen molar-refractivity contribution in [3.8, 4) is 5.75 Å². The van der Waals surface area contributed by atoms with Gasteiger partial charge in [-0.3, -0.25) is 0 Å². The summed E-state index contributed by atoms with van der Waals surface area (Å²) in [5, 5.41) is 10.9. The van der Waals surface area contributed by atoms with E-state index in [-0.39, 0.29) is 11.3 Å². The van der Waals surface area contributed by atoms with Gasteiger partial charge in [0.25, 0.3) is 0 Å². The molecule has 0 saturated heterocycles. The van der Waals surface area contributed by atoms with Gasteiger partial charge in [-0.25, -0.2) is 4.79 Å². The number of hydrogen-bond acceptors (Lipinski definition) is 5. The van der Waals surface area contributed by atoms with Gasteiger partial charge in [0.05, 0.1) is 5.39 Å². The van der Waals surface area contributed by atoms with Crippen LogP contribution in [0.1, 0.15) is 32.3 Å². The van der Waals surface area contributed by atoms with Crippen LogP contribution in [0.4, 0.5) is 0 Å². The molecule has 0 bridgehead atoms. The van der Waals surface area contributed by atoms with E-state index >= 15 is 0 Å². The standard InChI is InChI=1S/C17H21NO4/c1-3-21-10-6-8-13(18)11(2)15-16(19)12-7-4-5-9-14(12)22-17(15)20/h4-5,7,9,19H,3,6,8,10,18H2,1-2H3/b13-11-. The molecular weight excluding hydrogens is 282 g/mol. The van der Waals surface area contributed by atoms with Gasteiger partial charge in [0.15, 0.2) is 0 Å². The minimum atomic E-state index is -0.582. The van der Waals surface area contributed by atoms with Gasteiger partial charge in [0.1, 0.15) is 16.9 Å². The van der Waals surface area contributed by atoms with E-state index in [2.05, 4.69) is 0 Å². The van der Waals surface area contributed by atoms with Crippen molar-refractivity contribution in [3.05, 3.63) is 45.9 Å². The average Bonchev–Trinajstić information content (AvgIpc) is 2.51. The zero-order valence-electron chi connectivity index (χ0n) is 12.9. The molecule has 0 aliphatic heterocycles. The number of nitrogens with two attached hydrogens (primary N) is 1. The van der Waals surface area contributed by atoms with Crippen LogP contribution in [0.2, 0.25) is 0 Å². The van der Waals surface area contributed by atoms with E-state index in [1.165, 1.54) is 0 Å². The molecule has 0 aliphatic rings. The number of rotatable bonds is 6. The summed E-state index contributed by atoms with van der Waals surface area (Å²) in [6, 6.07) is 6.87. The number of ether oxygens (including phenoxy) is 1. The summed E-state index contributed by atoms with van der Waals surface area (Å²) in [5.74, 6) is -0.0860. The molecule has 1 aromatic heterocycles. The highest BCUT2D eigenvalue weighted by atomic mass is 16.5. The van der Waals surface area contributed by atoms with E-state index in [4.69, 9.17) is 14.9 Å². The highest BCUT2D eigenvalue weighted by Crippen LogP contribution is 2.31. The fourth-order valence-corrected chi connectivity index (χ4v) is 2.32. The minimum Gasteiger partial charge on any atom is -0.506 e. The van der Waals surface area contributed by atoms with Crippen molar-refractivity contribution in [2.45, 2.75) is 26.7 Å². The number of hydrogen-bond donors (Lipinski definition) is 2. The second-order valence-electron chi connectivity index (χ2n) is 5.06. The van der Waals surface area contributed by atoms with Crippen molar-refractivity contribution in [1.82, 2.24) is 0 Å². The monoisotopic (exact) mass is 303 g/mol. The topological polar surface area (TPSA) is 85.7 Å². The van der Waals surface area contributed by atoms with Gasteiger partial charge < -0.3 is 20.0 Å². The van der Waals surface area contributed by atoms with E-state index in [9.17, 15) is 9.90 Å². The minimum absolute atomic E-state index is 0.0860. The second kappa shape index (κ2) is 7.13. The van der Waals surface area contributed by atoms with Crippen molar-refractivity contribution in [1.29, 1.82) is 0 Å². The molecule has 0 unspecified atom stereocenters. The zero-order chi connectivity index (χ0) is 16.1. The lowest BCUT2D eigenvalue weighted by Crippen LogP contribution is -2.11. The molecule has 0 amide bonds. The average molecular weight is 303 g/mol. The van der Waals surface area contributed by atoms with E-state index in [1.54, 1.807) is 31.2 Å². The quantitative estimate of drug-likeness (QED) is 0.633. The van der Waals surface area contributed by atoms with Crippen LogP contribution in [-0.4, -0.2) is 18.3 Å². The summed E-state index contributed by atoms with van der Waals surface area (Å²) in [7, 11) is 0. The number of fused-ring (bicyclic) bond motifs is 1. The Morgan fingerprint density at radius 1 is 1.36 bits per heavy atom. The summed E-state index contributed by atoms with van der Waals surface area (Å²) >= 11 is 0. The van der Waals surface area contributed by atoms with E-state index < -0.39 is 5.63 Å². The number of aromatic hydroxyl groups is 1. The summed E-state index contributed by atoms with van der Waals surface area (Å²) in [4.78, 5) is 12.1. The Balaban J connectivity index is 2.38. The van der Waals surface area contributed by atoms with Crippen LogP contribution in [0.5, 0.6) is 5.75 Å². The third-order valence-corrected chi connectivity index (χ3v) is 3.58. The molecule has 5 heteroatoms. The Hall–Kier alpha value is -2.27. The molecule has 22 heavy (non-hydrogen) atoms. The van der Waals surface area contributed by atoms with E-state index in [0.717, 1.165) is 6.42 Å². The summed E-state index contributed by atoms with van der Waals surface area (Å²) in [5.41, 5.74) is 7.06. The Kier molecular flexibility index (Phi) is 5.22. The molecule has 2 aromatic rings. The number of allylic oxidation sites excluding steroid dienone is 2. The van der Waals surface area contributed by atoms with Crippen molar-refractivity contribution < 1.29 is 14.3 Å². The molecule has 3 N–H and O–H groups in total. The normalized spacial score (nSPS) is 12.5. The molecule has 1 heterocycles. The first-order valence-corrected chi connectivity index (χ1v) is 7.34. The van der Waals surface area contributed by atoms with Crippen molar-refractivity contribution in [3.63, 3.8) is 0 Å². The van der Waals surface area contributed by atoms with E-state index in [0.29, 0.717) is 41.9 Å². The summed E-state index contributed by atoms with van der Waals surface area (Å²) in [6.45, 7) is 4.93. The number of benzene rings is 1. The molecule has 0 spiro atoms. The molecule has 0 atom stereocenters. The lowest BCUT2D eigenvalue weighted by atomic mass is 10.0. The predicted molar refractivity (Wildman–Crippen MR) is 86.7 cm³/mol. The lowest BCUT2D eigenvalue weighted by Gasteiger charge is -2.10. The molecule has 0 radical (unpaired) electrons. The van der Waals surface area contributed by atoms with Crippen molar-refractivity contribution in [2.75, 3.05) is 13.2 Å². The molecule has 5 nitrogen and oxygen atoms in total. The lowest BCUT2D eigenvalue weighted by molar-refractivity contribution is 0.145. The number of para-hydroxylation sites is 1. The summed E-state index contributed by atoms with van der Waals surface area (Å²) < 4.78 is 10.5. The Morgan fingerprint density at radius 3 is 2.82 bits per heavy atom. The zero-order valence-corrected chi connectivity index (χ0v) is 12.9. The van der Waals surface area contributed by atoms with Crippen LogP contribution in [0, 0.1) is 0 Å². The van der Waals surface area contributed by atoms with Crippen molar-refractivity contribution >= 4 is 16.5 Å². The van der Waals surface area contributed by atoms with Gasteiger partial charge in [0.2, 0.25) is 0 Å². The van der Waals surface area contributed by atoms with Crippen LogP contribution in [0.3, 0.4) is 0 Å². The van der Waals surface area contributed by atoms with Crippen LogP contribution in [0.25, 0.3) is 16.5 Å². The SMILES string of the molecule is CCOCCC/C(N)=C(\C)c1c(O)c2ccccc2oc1=O. The van der Waals surface area contributed by atoms with Crippen LogP contribution in [-0.2, 0) is 4.74 Å². The Bertz CT molecular complexity index is 746. The maximum absolute atomic E-state index is 12.1. The first-order chi connectivity index (χ1) is 10.6. The smallest absolute Gasteiger partial charge is 0.347 e. The molecule has 0 fully saturated rings. The predicted octanol–water partition coefficient (Wildman–Crippen LogP) is 3.01. The Morgan fingerprint density at radius 2 is 2.09 bits per heavy atom. The maximum Gasteiger partial charge on any atom is 0.347 e. The van der Waals surface area contributed by atoms with Gasteiger partial charge in [0, 0.05) is 18.9 Å². The molecule has 0 aliphatic carbocycles. The van der Waals surface area contributed by atoms with Gasteiger partial charge in [-0.2, -0.15) is 0 Å². The van der Waals surface area contributed by atoms with Crippen LogP contribution < -0.4 is 11.4 Å². The molecule has 0 saturated carbocycles. The first kappa shape index (κ1) is 16.1. The van der Waals surface area contributed by atoms with Crippen LogP contribution >= 0.6 is 0 Å². The third-order valence-electron chi connectivity index (χ3n) is 3.58. The van der Waals surface area contributed by atoms with Crippen LogP contribution in [0.15, 0.2) is 39.2 Å². The molecular formula is C17H21NO4. The first-order valence-electron chi connectivity index (χ1n) is 7.34. The fraction of sp³-hybridized carbons (Fsp3) is 0.353. The summed E-state index contributed by atoms with van der Waals surface area (Å²) in [6.07, 6.45) is 1.36. The molecule has 118 valence electrons. The van der Waals surface area contributed by atoms with Gasteiger partial charge in [-0.15, -0.1) is 0 Å². The van der Waals surface area contributed by atoms with Gasteiger partial charge in [-0.05, 0) is 44.4 Å². The van der Waals surface area contributed by atoms with Gasteiger partial charge in [-0.1, -0.05) is 12.1 Å². The molecule has 1 aromatic carbocycles. The highest BCUT2D eigenvalue weighted by molar-refractivity contribution is 5.88. The highest BCUT2D eigenvalue weighted by Gasteiger charge is 2.16. The molecule has 2 rings (SSSR count). The third kappa shape index (κ3) is 3.31. The largest absolute Gasteiger partial charge is 0.506 e. The van der Waals surface area contributed by atoms with E-state index in [1.807, 2.05) is 6.92 Å². The fourth-order valence-electron chi connectivity index (χ4n) is 2.32. The maximum atomic E-state index is 12.1. The van der Waals surface area contributed by atoms with Crippen molar-refractivity contribution in [2.24, 2.45) is 5.73 Å².